The highest BCUT2D eigenvalue weighted by Crippen LogP contribution is 2.29. The first-order valence-corrected chi connectivity index (χ1v) is 9.13. The molecular weight excluding hydrogens is 294 g/mol. The molecule has 0 amide bonds. The SMILES string of the molecule is CCC(C)Cc1c(C)sc2nc(CN3CCCC3)[nH]c(=O)c12. The minimum absolute atomic E-state index is 0.0434. The molecule has 2 aromatic heterocycles. The Morgan fingerprint density at radius 1 is 1.36 bits per heavy atom. The Labute approximate surface area is 135 Å². The van der Waals surface area contributed by atoms with E-state index >= 15 is 0 Å². The molecule has 1 unspecified atom stereocenters. The molecule has 1 saturated heterocycles. The van der Waals surface area contributed by atoms with Gasteiger partial charge in [-0.25, -0.2) is 4.98 Å². The molecule has 1 aliphatic rings. The summed E-state index contributed by atoms with van der Waals surface area (Å²) in [5.41, 5.74) is 1.25. The zero-order valence-corrected chi connectivity index (χ0v) is 14.6. The molecule has 3 heterocycles. The van der Waals surface area contributed by atoms with E-state index in [1.54, 1.807) is 11.3 Å². The van der Waals surface area contributed by atoms with Crippen LogP contribution in [-0.2, 0) is 13.0 Å². The van der Waals surface area contributed by atoms with E-state index in [2.05, 4.69) is 30.7 Å². The Hall–Kier alpha value is -1.20. The highest BCUT2D eigenvalue weighted by atomic mass is 32.1. The smallest absolute Gasteiger partial charge is 0.259 e. The lowest BCUT2D eigenvalue weighted by Crippen LogP contribution is -2.22. The molecule has 0 spiro atoms. The maximum Gasteiger partial charge on any atom is 0.259 e. The van der Waals surface area contributed by atoms with Gasteiger partial charge in [0, 0.05) is 4.88 Å². The fourth-order valence-corrected chi connectivity index (χ4v) is 4.26. The second-order valence-electron chi connectivity index (χ2n) is 6.53. The second-order valence-corrected chi connectivity index (χ2v) is 7.73. The zero-order chi connectivity index (χ0) is 15.7. The Balaban J connectivity index is 1.95. The molecular formula is C17H25N3OS. The van der Waals surface area contributed by atoms with E-state index in [4.69, 9.17) is 4.98 Å². The quantitative estimate of drug-likeness (QED) is 0.918. The standard InChI is InChI=1S/C17H25N3OS/c1-4-11(2)9-13-12(3)22-17-15(13)16(21)18-14(19-17)10-20-7-5-6-8-20/h11H,4-10H2,1-3H3,(H,18,19,21). The average molecular weight is 319 g/mol. The van der Waals surface area contributed by atoms with E-state index in [1.807, 2.05) is 0 Å². The number of aryl methyl sites for hydroxylation is 1. The van der Waals surface area contributed by atoms with Crippen LogP contribution >= 0.6 is 11.3 Å². The van der Waals surface area contributed by atoms with Crippen LogP contribution in [0.25, 0.3) is 10.2 Å². The molecule has 0 saturated carbocycles. The van der Waals surface area contributed by atoms with Crippen LogP contribution in [-0.4, -0.2) is 28.0 Å². The molecule has 3 rings (SSSR count). The maximum absolute atomic E-state index is 12.6. The summed E-state index contributed by atoms with van der Waals surface area (Å²) in [6.07, 6.45) is 4.61. The summed E-state index contributed by atoms with van der Waals surface area (Å²) in [7, 11) is 0. The van der Waals surface area contributed by atoms with Crippen LogP contribution in [0.2, 0.25) is 0 Å². The van der Waals surface area contributed by atoms with Crippen molar-refractivity contribution in [3.05, 3.63) is 26.6 Å². The van der Waals surface area contributed by atoms with E-state index in [0.29, 0.717) is 5.92 Å². The van der Waals surface area contributed by atoms with Gasteiger partial charge in [0.2, 0.25) is 0 Å². The summed E-state index contributed by atoms with van der Waals surface area (Å²) in [6.45, 7) is 9.55. The van der Waals surface area contributed by atoms with Crippen LogP contribution in [0, 0.1) is 12.8 Å². The van der Waals surface area contributed by atoms with Crippen molar-refractivity contribution in [3.8, 4) is 0 Å². The van der Waals surface area contributed by atoms with Gasteiger partial charge in [-0.05, 0) is 50.8 Å². The Bertz CT molecular complexity index is 712. The van der Waals surface area contributed by atoms with Gasteiger partial charge < -0.3 is 4.98 Å². The van der Waals surface area contributed by atoms with Gasteiger partial charge in [-0.1, -0.05) is 20.3 Å². The largest absolute Gasteiger partial charge is 0.309 e. The molecule has 0 aromatic carbocycles. The van der Waals surface area contributed by atoms with Crippen LogP contribution in [0.1, 0.15) is 49.4 Å². The minimum atomic E-state index is 0.0434. The van der Waals surface area contributed by atoms with Gasteiger partial charge in [0.25, 0.3) is 5.56 Å². The third-order valence-corrected chi connectivity index (χ3v) is 5.77. The van der Waals surface area contributed by atoms with Gasteiger partial charge in [0.05, 0.1) is 11.9 Å². The first kappa shape index (κ1) is 15.7. The van der Waals surface area contributed by atoms with Crippen LogP contribution in [0.3, 0.4) is 0 Å². The van der Waals surface area contributed by atoms with E-state index in [1.165, 1.54) is 23.3 Å². The van der Waals surface area contributed by atoms with Gasteiger partial charge in [-0.3, -0.25) is 9.69 Å². The summed E-state index contributed by atoms with van der Waals surface area (Å²) < 4.78 is 0. The molecule has 0 aliphatic carbocycles. The van der Waals surface area contributed by atoms with Crippen LogP contribution in [0.15, 0.2) is 4.79 Å². The first-order valence-electron chi connectivity index (χ1n) is 8.32. The molecule has 1 aliphatic heterocycles. The monoisotopic (exact) mass is 319 g/mol. The Morgan fingerprint density at radius 3 is 2.77 bits per heavy atom. The van der Waals surface area contributed by atoms with Gasteiger partial charge in [0.15, 0.2) is 0 Å². The second kappa shape index (κ2) is 6.50. The first-order chi connectivity index (χ1) is 10.6. The van der Waals surface area contributed by atoms with Crippen molar-refractivity contribution in [2.24, 2.45) is 5.92 Å². The molecule has 120 valence electrons. The number of nitrogens with zero attached hydrogens (tertiary/aromatic N) is 2. The lowest BCUT2D eigenvalue weighted by molar-refractivity contribution is 0.322. The molecule has 1 fully saturated rings. The summed E-state index contributed by atoms with van der Waals surface area (Å²) in [6, 6.07) is 0. The van der Waals surface area contributed by atoms with Crippen LogP contribution in [0.4, 0.5) is 0 Å². The molecule has 1 N–H and O–H groups in total. The van der Waals surface area contributed by atoms with Crippen molar-refractivity contribution in [1.29, 1.82) is 0 Å². The molecule has 5 heteroatoms. The molecule has 0 bridgehead atoms. The predicted octanol–water partition coefficient (Wildman–Crippen LogP) is 3.48. The molecule has 2 aromatic rings. The predicted molar refractivity (Wildman–Crippen MR) is 92.6 cm³/mol. The summed E-state index contributed by atoms with van der Waals surface area (Å²) in [5, 5.41) is 0.827. The van der Waals surface area contributed by atoms with Gasteiger partial charge >= 0.3 is 0 Å². The van der Waals surface area contributed by atoms with E-state index in [0.717, 1.165) is 48.5 Å². The molecule has 22 heavy (non-hydrogen) atoms. The third kappa shape index (κ3) is 3.10. The van der Waals surface area contributed by atoms with Crippen LogP contribution < -0.4 is 5.56 Å². The number of H-pyrrole nitrogens is 1. The van der Waals surface area contributed by atoms with Crippen molar-refractivity contribution in [2.75, 3.05) is 13.1 Å². The number of likely N-dealkylation sites (tertiary alicyclic amines) is 1. The summed E-state index contributed by atoms with van der Waals surface area (Å²) in [5.74, 6) is 1.41. The topological polar surface area (TPSA) is 49.0 Å². The number of hydrogen-bond donors (Lipinski definition) is 1. The van der Waals surface area contributed by atoms with Gasteiger partial charge in [-0.2, -0.15) is 0 Å². The molecule has 1 atom stereocenters. The van der Waals surface area contributed by atoms with E-state index < -0.39 is 0 Å². The normalized spacial score (nSPS) is 17.4. The van der Waals surface area contributed by atoms with E-state index in [9.17, 15) is 4.79 Å². The highest BCUT2D eigenvalue weighted by Gasteiger charge is 2.18. The van der Waals surface area contributed by atoms with E-state index in [-0.39, 0.29) is 5.56 Å². The van der Waals surface area contributed by atoms with Crippen molar-refractivity contribution in [1.82, 2.24) is 14.9 Å². The number of fused-ring (bicyclic) bond motifs is 1. The lowest BCUT2D eigenvalue weighted by Gasteiger charge is -2.13. The van der Waals surface area contributed by atoms with Crippen LogP contribution in [0.5, 0.6) is 0 Å². The number of nitrogens with one attached hydrogen (secondary N) is 1. The molecule has 0 radical (unpaired) electrons. The Kier molecular flexibility index (Phi) is 4.64. The Morgan fingerprint density at radius 2 is 2.09 bits per heavy atom. The van der Waals surface area contributed by atoms with Crippen molar-refractivity contribution in [2.45, 2.75) is 53.0 Å². The third-order valence-electron chi connectivity index (χ3n) is 4.73. The van der Waals surface area contributed by atoms with Crippen molar-refractivity contribution in [3.63, 3.8) is 0 Å². The number of thiophene rings is 1. The highest BCUT2D eigenvalue weighted by molar-refractivity contribution is 7.18. The number of rotatable bonds is 5. The number of aromatic amines is 1. The van der Waals surface area contributed by atoms with Crippen molar-refractivity contribution >= 4 is 21.6 Å². The lowest BCUT2D eigenvalue weighted by atomic mass is 9.98. The average Bonchev–Trinajstić information content (AvgIpc) is 3.07. The summed E-state index contributed by atoms with van der Waals surface area (Å²) in [4.78, 5) is 24.8. The van der Waals surface area contributed by atoms with Gasteiger partial charge in [0.1, 0.15) is 10.7 Å². The fourth-order valence-electron chi connectivity index (χ4n) is 3.19. The number of aromatic nitrogens is 2. The summed E-state index contributed by atoms with van der Waals surface area (Å²) >= 11 is 1.67. The van der Waals surface area contributed by atoms with Gasteiger partial charge in [-0.15, -0.1) is 11.3 Å². The minimum Gasteiger partial charge on any atom is -0.309 e. The zero-order valence-electron chi connectivity index (χ0n) is 13.7. The number of hydrogen-bond acceptors (Lipinski definition) is 4. The molecule has 4 nitrogen and oxygen atoms in total. The van der Waals surface area contributed by atoms with Crippen molar-refractivity contribution < 1.29 is 0 Å². The fraction of sp³-hybridized carbons (Fsp3) is 0.647. The maximum atomic E-state index is 12.6.